The van der Waals surface area contributed by atoms with E-state index >= 15 is 0 Å². The van der Waals surface area contributed by atoms with Crippen LogP contribution in [0.3, 0.4) is 0 Å². The van der Waals surface area contributed by atoms with Crippen molar-refractivity contribution in [2.45, 2.75) is 18.2 Å². The minimum Gasteiger partial charge on any atom is -0.410 e. The summed E-state index contributed by atoms with van der Waals surface area (Å²) in [7, 11) is 0. The fraction of sp³-hybridized carbons (Fsp3) is 0.188. The van der Waals surface area contributed by atoms with E-state index in [1.807, 2.05) is 17.5 Å². The Hall–Kier alpha value is -2.92. The second-order valence-electron chi connectivity index (χ2n) is 5.48. The number of hydrogen-bond acceptors (Lipinski definition) is 9. The number of thioether (sulfide) groups is 1. The van der Waals surface area contributed by atoms with Gasteiger partial charge in [-0.25, -0.2) is 4.79 Å². The minimum absolute atomic E-state index is 0.0848. The van der Waals surface area contributed by atoms with Crippen LogP contribution in [0.5, 0.6) is 0 Å². The maximum Gasteiger partial charge on any atom is 0.419 e. The van der Waals surface area contributed by atoms with Crippen molar-refractivity contribution in [2.75, 3.05) is 5.75 Å². The first kappa shape index (κ1) is 17.5. The quantitative estimate of drug-likeness (QED) is 0.198. The van der Waals surface area contributed by atoms with E-state index in [2.05, 4.69) is 10.2 Å². The van der Waals surface area contributed by atoms with Crippen molar-refractivity contribution in [3.8, 4) is 10.8 Å². The lowest BCUT2D eigenvalue weighted by atomic mass is 10.3. The molecule has 1 aromatic carbocycles. The van der Waals surface area contributed by atoms with Gasteiger partial charge in [0.1, 0.15) is 0 Å². The summed E-state index contributed by atoms with van der Waals surface area (Å²) in [6.45, 7) is 0.367. The molecule has 11 heteroatoms. The molecule has 0 aliphatic rings. The second kappa shape index (κ2) is 7.37. The average Bonchev–Trinajstić information content (AvgIpc) is 3.38. The van der Waals surface area contributed by atoms with Crippen LogP contribution in [0.4, 0.5) is 5.69 Å². The Kier molecular flexibility index (Phi) is 4.77. The molecule has 0 bridgehead atoms. The summed E-state index contributed by atoms with van der Waals surface area (Å²) in [6, 6.07) is 7.91. The van der Waals surface area contributed by atoms with Crippen molar-refractivity contribution in [2.24, 2.45) is 0 Å². The molecule has 4 rings (SSSR count). The van der Waals surface area contributed by atoms with Gasteiger partial charge in [0.15, 0.2) is 5.58 Å². The lowest BCUT2D eigenvalue weighted by molar-refractivity contribution is -0.384. The highest BCUT2D eigenvalue weighted by molar-refractivity contribution is 7.99. The molecule has 0 spiro atoms. The predicted molar refractivity (Wildman–Crippen MR) is 100 cm³/mol. The molecule has 138 valence electrons. The van der Waals surface area contributed by atoms with Crippen LogP contribution < -0.4 is 5.76 Å². The second-order valence-corrected chi connectivity index (χ2v) is 7.48. The molecule has 0 fully saturated rings. The van der Waals surface area contributed by atoms with Gasteiger partial charge >= 0.3 is 5.76 Å². The smallest absolute Gasteiger partial charge is 0.410 e. The number of rotatable bonds is 7. The Morgan fingerprint density at radius 1 is 1.26 bits per heavy atom. The molecule has 0 saturated heterocycles. The number of nitrogens with zero attached hydrogens (tertiary/aromatic N) is 4. The van der Waals surface area contributed by atoms with Crippen LogP contribution in [0.2, 0.25) is 0 Å². The number of fused-ring (bicyclic) bond motifs is 1. The standard InChI is InChI=1S/C16H12N4O5S2/c21-16-19(11-9-10(20(22)23)4-5-12(11)24-16)6-2-8-27-15-18-17-14(25-15)13-3-1-7-26-13/h1,3-5,7,9H,2,6,8H2. The predicted octanol–water partition coefficient (Wildman–Crippen LogP) is 3.80. The highest BCUT2D eigenvalue weighted by Crippen LogP contribution is 2.27. The third kappa shape index (κ3) is 3.64. The van der Waals surface area contributed by atoms with Gasteiger partial charge in [0.05, 0.1) is 15.3 Å². The van der Waals surface area contributed by atoms with E-state index in [4.69, 9.17) is 8.83 Å². The zero-order valence-corrected chi connectivity index (χ0v) is 15.4. The van der Waals surface area contributed by atoms with E-state index in [9.17, 15) is 14.9 Å². The molecule has 0 saturated carbocycles. The van der Waals surface area contributed by atoms with Gasteiger partial charge in [-0.05, 0) is 23.9 Å². The van der Waals surface area contributed by atoms with Crippen LogP contribution in [0, 0.1) is 10.1 Å². The topological polar surface area (TPSA) is 117 Å². The monoisotopic (exact) mass is 404 g/mol. The molecular formula is C16H12N4O5S2. The van der Waals surface area contributed by atoms with Crippen molar-refractivity contribution >= 4 is 39.9 Å². The SMILES string of the molecule is O=c1oc2ccc([N+](=O)[O-])cc2n1CCCSc1nnc(-c2cccs2)o1. The third-order valence-electron chi connectivity index (χ3n) is 3.75. The number of aryl methyl sites for hydroxylation is 1. The first-order chi connectivity index (χ1) is 13.1. The maximum atomic E-state index is 12.0. The maximum absolute atomic E-state index is 12.0. The number of thiophene rings is 1. The van der Waals surface area contributed by atoms with Crippen molar-refractivity contribution < 1.29 is 13.8 Å². The summed E-state index contributed by atoms with van der Waals surface area (Å²) in [5.41, 5.74) is 0.658. The third-order valence-corrected chi connectivity index (χ3v) is 5.51. The molecule has 0 aliphatic carbocycles. The Labute approximate surface area is 159 Å². The molecule has 0 aliphatic heterocycles. The van der Waals surface area contributed by atoms with Gasteiger partial charge < -0.3 is 8.83 Å². The largest absolute Gasteiger partial charge is 0.419 e. The average molecular weight is 404 g/mol. The Bertz CT molecular complexity index is 1150. The fourth-order valence-corrected chi connectivity index (χ4v) is 3.85. The summed E-state index contributed by atoms with van der Waals surface area (Å²) >= 11 is 2.91. The molecule has 0 unspecified atom stereocenters. The summed E-state index contributed by atoms with van der Waals surface area (Å²) in [5.74, 6) is 0.588. The van der Waals surface area contributed by atoms with Crippen LogP contribution in [-0.2, 0) is 6.54 Å². The number of nitro groups is 1. The molecule has 3 heterocycles. The molecule has 4 aromatic rings. The molecule has 27 heavy (non-hydrogen) atoms. The van der Waals surface area contributed by atoms with Gasteiger partial charge in [0.25, 0.3) is 16.8 Å². The molecule has 0 atom stereocenters. The Morgan fingerprint density at radius 3 is 2.93 bits per heavy atom. The number of oxazole rings is 1. The van der Waals surface area contributed by atoms with Crippen molar-refractivity contribution in [3.63, 3.8) is 0 Å². The van der Waals surface area contributed by atoms with Crippen LogP contribution in [0.15, 0.2) is 54.6 Å². The van der Waals surface area contributed by atoms with Crippen molar-refractivity contribution in [3.05, 3.63) is 56.4 Å². The van der Waals surface area contributed by atoms with E-state index in [1.54, 1.807) is 0 Å². The highest BCUT2D eigenvalue weighted by atomic mass is 32.2. The van der Waals surface area contributed by atoms with Gasteiger partial charge in [-0.1, -0.05) is 17.8 Å². The summed E-state index contributed by atoms with van der Waals surface area (Å²) in [6.07, 6.45) is 0.624. The Balaban J connectivity index is 1.40. The molecule has 0 amide bonds. The minimum atomic E-state index is -0.534. The zero-order chi connectivity index (χ0) is 18.8. The first-order valence-electron chi connectivity index (χ1n) is 7.90. The van der Waals surface area contributed by atoms with E-state index in [0.717, 1.165) is 4.88 Å². The lowest BCUT2D eigenvalue weighted by Crippen LogP contribution is -2.14. The van der Waals surface area contributed by atoms with Gasteiger partial charge in [-0.15, -0.1) is 21.5 Å². The molecule has 3 aromatic heterocycles. The lowest BCUT2D eigenvalue weighted by Gasteiger charge is -2.01. The van der Waals surface area contributed by atoms with E-state index in [-0.39, 0.29) is 5.69 Å². The van der Waals surface area contributed by atoms with Crippen LogP contribution in [0.1, 0.15) is 6.42 Å². The van der Waals surface area contributed by atoms with Gasteiger partial charge in [-0.3, -0.25) is 14.7 Å². The molecule has 0 N–H and O–H groups in total. The molecule has 9 nitrogen and oxygen atoms in total. The number of nitro benzene ring substituents is 1. The van der Waals surface area contributed by atoms with Gasteiger partial charge in [0, 0.05) is 24.4 Å². The van der Waals surface area contributed by atoms with E-state index < -0.39 is 10.7 Å². The summed E-state index contributed by atoms with van der Waals surface area (Å²) in [5, 5.41) is 21.3. The van der Waals surface area contributed by atoms with Crippen LogP contribution >= 0.6 is 23.1 Å². The van der Waals surface area contributed by atoms with Crippen molar-refractivity contribution in [1.82, 2.24) is 14.8 Å². The van der Waals surface area contributed by atoms with Crippen LogP contribution in [-0.4, -0.2) is 25.4 Å². The van der Waals surface area contributed by atoms with Crippen molar-refractivity contribution in [1.29, 1.82) is 0 Å². The molecular weight excluding hydrogens is 392 g/mol. The number of non-ortho nitro benzene ring substituents is 1. The number of hydrogen-bond donors (Lipinski definition) is 0. The number of benzene rings is 1. The number of aromatic nitrogens is 3. The Morgan fingerprint density at radius 2 is 2.15 bits per heavy atom. The van der Waals surface area contributed by atoms with Gasteiger partial charge in [0.2, 0.25) is 0 Å². The summed E-state index contributed by atoms with van der Waals surface area (Å²) in [4.78, 5) is 23.3. The summed E-state index contributed by atoms with van der Waals surface area (Å²) < 4.78 is 12.1. The van der Waals surface area contributed by atoms with Gasteiger partial charge in [-0.2, -0.15) is 0 Å². The van der Waals surface area contributed by atoms with Crippen LogP contribution in [0.25, 0.3) is 21.9 Å². The first-order valence-corrected chi connectivity index (χ1v) is 9.76. The zero-order valence-electron chi connectivity index (χ0n) is 13.7. The molecule has 0 radical (unpaired) electrons. The normalized spacial score (nSPS) is 11.3. The fourth-order valence-electron chi connectivity index (χ4n) is 2.53. The highest BCUT2D eigenvalue weighted by Gasteiger charge is 2.14. The van der Waals surface area contributed by atoms with E-state index in [1.165, 1.54) is 45.9 Å². The van der Waals surface area contributed by atoms with E-state index in [0.29, 0.717) is 40.9 Å².